The minimum Gasteiger partial charge on any atom is -0.409 e. The van der Waals surface area contributed by atoms with Crippen molar-refractivity contribution in [2.75, 3.05) is 5.32 Å². The zero-order valence-corrected chi connectivity index (χ0v) is 11.7. The minimum absolute atomic E-state index is 0.0853. The lowest BCUT2D eigenvalue weighted by molar-refractivity contribution is 0.248. The molecular formula is C13H17ClN4O2. The van der Waals surface area contributed by atoms with Crippen LogP contribution in [0.3, 0.4) is 0 Å². The van der Waals surface area contributed by atoms with Gasteiger partial charge in [-0.3, -0.25) is 0 Å². The first-order valence-electron chi connectivity index (χ1n) is 6.45. The third kappa shape index (κ3) is 3.54. The van der Waals surface area contributed by atoms with Gasteiger partial charge in [-0.1, -0.05) is 29.6 Å². The highest BCUT2D eigenvalue weighted by Crippen LogP contribution is 2.22. The van der Waals surface area contributed by atoms with Crippen molar-refractivity contribution in [1.29, 1.82) is 0 Å². The molecule has 7 heteroatoms. The number of urea groups is 1. The number of amides is 2. The first-order chi connectivity index (χ1) is 9.60. The summed E-state index contributed by atoms with van der Waals surface area (Å²) < 4.78 is 0. The van der Waals surface area contributed by atoms with Crippen molar-refractivity contribution in [2.45, 2.75) is 31.7 Å². The second kappa shape index (κ2) is 6.47. The number of rotatable bonds is 3. The number of halogens is 1. The second-order valence-electron chi connectivity index (χ2n) is 4.75. The van der Waals surface area contributed by atoms with Crippen molar-refractivity contribution >= 4 is 29.2 Å². The van der Waals surface area contributed by atoms with Crippen molar-refractivity contribution in [3.63, 3.8) is 0 Å². The van der Waals surface area contributed by atoms with E-state index in [0.717, 1.165) is 25.7 Å². The van der Waals surface area contributed by atoms with Crippen LogP contribution in [-0.2, 0) is 0 Å². The number of benzene rings is 1. The number of anilines is 1. The van der Waals surface area contributed by atoms with E-state index in [1.54, 1.807) is 18.2 Å². The number of nitrogens with one attached hydrogen (secondary N) is 2. The van der Waals surface area contributed by atoms with Crippen LogP contribution in [0.25, 0.3) is 0 Å². The maximum absolute atomic E-state index is 11.9. The molecule has 1 saturated carbocycles. The van der Waals surface area contributed by atoms with Crippen molar-refractivity contribution in [3.05, 3.63) is 28.8 Å². The van der Waals surface area contributed by atoms with E-state index in [1.807, 2.05) is 0 Å². The molecule has 2 amide bonds. The fourth-order valence-electron chi connectivity index (χ4n) is 2.31. The molecule has 1 aromatic rings. The molecule has 0 aliphatic heterocycles. The fraction of sp³-hybridized carbons (Fsp3) is 0.385. The van der Waals surface area contributed by atoms with Crippen LogP contribution in [0.5, 0.6) is 0 Å². The molecule has 0 aromatic heterocycles. The first kappa shape index (κ1) is 14.5. The summed E-state index contributed by atoms with van der Waals surface area (Å²) in [7, 11) is 0. The van der Waals surface area contributed by atoms with Gasteiger partial charge < -0.3 is 21.6 Å². The summed E-state index contributed by atoms with van der Waals surface area (Å²) in [5.74, 6) is -0.0853. The summed E-state index contributed by atoms with van der Waals surface area (Å²) in [6, 6.07) is 4.65. The van der Waals surface area contributed by atoms with Gasteiger partial charge in [0.2, 0.25) is 0 Å². The number of carbonyl (C=O) groups excluding carboxylic acids is 1. The minimum atomic E-state index is -0.314. The van der Waals surface area contributed by atoms with E-state index in [1.165, 1.54) is 0 Å². The van der Waals surface area contributed by atoms with Gasteiger partial charge >= 0.3 is 6.03 Å². The maximum Gasteiger partial charge on any atom is 0.319 e. The molecule has 0 unspecified atom stereocenters. The van der Waals surface area contributed by atoms with E-state index >= 15 is 0 Å². The summed E-state index contributed by atoms with van der Waals surface area (Å²) in [6.45, 7) is 0. The van der Waals surface area contributed by atoms with Gasteiger partial charge in [0.25, 0.3) is 0 Å². The van der Waals surface area contributed by atoms with Gasteiger partial charge in [0, 0.05) is 16.6 Å². The molecule has 1 aromatic carbocycles. The van der Waals surface area contributed by atoms with Gasteiger partial charge in [0.1, 0.15) is 0 Å². The van der Waals surface area contributed by atoms with Crippen molar-refractivity contribution < 1.29 is 10.0 Å². The lowest BCUT2D eigenvalue weighted by Gasteiger charge is -2.15. The number of nitrogens with two attached hydrogens (primary N) is 1. The largest absolute Gasteiger partial charge is 0.409 e. The number of oxime groups is 1. The molecule has 2 rings (SSSR count). The highest BCUT2D eigenvalue weighted by atomic mass is 35.5. The zero-order chi connectivity index (χ0) is 14.5. The number of amidine groups is 1. The van der Waals surface area contributed by atoms with Gasteiger partial charge in [0.05, 0.1) is 5.69 Å². The van der Waals surface area contributed by atoms with Crippen LogP contribution in [0.1, 0.15) is 31.2 Å². The Labute approximate surface area is 122 Å². The summed E-state index contributed by atoms with van der Waals surface area (Å²) in [5, 5.41) is 17.7. The Bertz CT molecular complexity index is 527. The number of hydrogen-bond donors (Lipinski definition) is 4. The Morgan fingerprint density at radius 3 is 2.75 bits per heavy atom. The molecule has 1 aliphatic carbocycles. The summed E-state index contributed by atoms with van der Waals surface area (Å²) in [6.07, 6.45) is 4.26. The van der Waals surface area contributed by atoms with Crippen LogP contribution in [0.2, 0.25) is 5.02 Å². The Hall–Kier alpha value is -1.95. The smallest absolute Gasteiger partial charge is 0.319 e. The van der Waals surface area contributed by atoms with Crippen LogP contribution in [0.4, 0.5) is 10.5 Å². The Balaban J connectivity index is 2.10. The van der Waals surface area contributed by atoms with E-state index in [9.17, 15) is 4.79 Å². The molecule has 108 valence electrons. The lowest BCUT2D eigenvalue weighted by Crippen LogP contribution is -2.36. The standard InChI is InChI=1S/C13H17ClN4O2/c14-8-5-6-10(12(15)18-20)11(7-8)17-13(19)16-9-3-1-2-4-9/h5-7,9,20H,1-4H2,(H2,15,18)(H2,16,17,19). The lowest BCUT2D eigenvalue weighted by atomic mass is 10.1. The highest BCUT2D eigenvalue weighted by molar-refractivity contribution is 6.31. The Morgan fingerprint density at radius 1 is 1.40 bits per heavy atom. The first-order valence-corrected chi connectivity index (χ1v) is 6.83. The predicted molar refractivity (Wildman–Crippen MR) is 78.4 cm³/mol. The van der Waals surface area contributed by atoms with Crippen LogP contribution < -0.4 is 16.4 Å². The molecule has 1 aliphatic rings. The molecule has 0 radical (unpaired) electrons. The average molecular weight is 297 g/mol. The quantitative estimate of drug-likeness (QED) is 0.298. The van der Waals surface area contributed by atoms with Crippen molar-refractivity contribution in [3.8, 4) is 0 Å². The topological polar surface area (TPSA) is 99.7 Å². The molecule has 0 spiro atoms. The monoisotopic (exact) mass is 296 g/mol. The molecule has 0 bridgehead atoms. The predicted octanol–water partition coefficient (Wildman–Crippen LogP) is 2.50. The normalized spacial score (nSPS) is 16.1. The number of nitrogens with zero attached hydrogens (tertiary/aromatic N) is 1. The molecular weight excluding hydrogens is 280 g/mol. The average Bonchev–Trinajstić information content (AvgIpc) is 2.90. The van der Waals surface area contributed by atoms with Crippen LogP contribution in [-0.4, -0.2) is 23.1 Å². The van der Waals surface area contributed by atoms with Gasteiger partial charge in [0.15, 0.2) is 5.84 Å². The molecule has 0 atom stereocenters. The third-order valence-corrected chi connectivity index (χ3v) is 3.54. The van der Waals surface area contributed by atoms with Gasteiger partial charge in [-0.05, 0) is 31.0 Å². The van der Waals surface area contributed by atoms with Crippen molar-refractivity contribution in [2.24, 2.45) is 10.9 Å². The van der Waals surface area contributed by atoms with Gasteiger partial charge in [-0.25, -0.2) is 4.79 Å². The van der Waals surface area contributed by atoms with Crippen LogP contribution in [0.15, 0.2) is 23.4 Å². The Morgan fingerprint density at radius 2 is 2.10 bits per heavy atom. The molecule has 5 N–H and O–H groups in total. The van der Waals surface area contributed by atoms with E-state index in [4.69, 9.17) is 22.5 Å². The summed E-state index contributed by atoms with van der Waals surface area (Å²) in [5.41, 5.74) is 6.39. The van der Waals surface area contributed by atoms with Crippen LogP contribution >= 0.6 is 11.6 Å². The number of carbonyl (C=O) groups is 1. The van der Waals surface area contributed by atoms with Crippen molar-refractivity contribution in [1.82, 2.24) is 5.32 Å². The van der Waals surface area contributed by atoms with E-state index in [2.05, 4.69) is 15.8 Å². The molecule has 1 fully saturated rings. The van der Waals surface area contributed by atoms with Crippen LogP contribution in [0, 0.1) is 0 Å². The van der Waals surface area contributed by atoms with Gasteiger partial charge in [-0.15, -0.1) is 0 Å². The highest BCUT2D eigenvalue weighted by Gasteiger charge is 2.18. The fourth-order valence-corrected chi connectivity index (χ4v) is 2.48. The van der Waals surface area contributed by atoms with Gasteiger partial charge in [-0.2, -0.15) is 0 Å². The summed E-state index contributed by atoms with van der Waals surface area (Å²) >= 11 is 5.90. The molecule has 0 saturated heterocycles. The third-order valence-electron chi connectivity index (χ3n) is 3.30. The van der Waals surface area contributed by atoms with E-state index in [0.29, 0.717) is 16.3 Å². The second-order valence-corrected chi connectivity index (χ2v) is 5.19. The molecule has 0 heterocycles. The maximum atomic E-state index is 11.9. The number of hydrogen-bond acceptors (Lipinski definition) is 3. The summed E-state index contributed by atoms with van der Waals surface area (Å²) in [4.78, 5) is 11.9. The van der Waals surface area contributed by atoms with E-state index < -0.39 is 0 Å². The zero-order valence-electron chi connectivity index (χ0n) is 10.9. The molecule has 6 nitrogen and oxygen atoms in total. The molecule has 20 heavy (non-hydrogen) atoms. The van der Waals surface area contributed by atoms with E-state index in [-0.39, 0.29) is 17.9 Å². The Kier molecular flexibility index (Phi) is 4.68. The SMILES string of the molecule is N/C(=N/O)c1ccc(Cl)cc1NC(=O)NC1CCCC1.